The van der Waals surface area contributed by atoms with Crippen LogP contribution in [-0.4, -0.2) is 36.1 Å². The number of aliphatic hydroxyl groups is 1. The van der Waals surface area contributed by atoms with Crippen LogP contribution < -0.4 is 4.74 Å². The highest BCUT2D eigenvalue weighted by Crippen LogP contribution is 2.54. The van der Waals surface area contributed by atoms with Crippen molar-refractivity contribution in [3.8, 4) is 5.75 Å². The first-order chi connectivity index (χ1) is 21.1. The van der Waals surface area contributed by atoms with Crippen molar-refractivity contribution in [1.82, 2.24) is 0 Å². The molecule has 4 aromatic rings. The first kappa shape index (κ1) is 29.9. The molecule has 1 heterocycles. The molecule has 1 saturated heterocycles. The Labute approximate surface area is 259 Å². The highest BCUT2D eigenvalue weighted by Gasteiger charge is 2.60. The predicted molar refractivity (Wildman–Crippen MR) is 168 cm³/mol. The van der Waals surface area contributed by atoms with Crippen LogP contribution in [0.3, 0.4) is 0 Å². The largest absolute Gasteiger partial charge is 0.494 e. The Morgan fingerprint density at radius 1 is 0.814 bits per heavy atom. The maximum Gasteiger partial charge on any atom is 0.119 e. The van der Waals surface area contributed by atoms with E-state index in [9.17, 15) is 5.11 Å². The molecule has 1 aliphatic heterocycles. The zero-order valence-electron chi connectivity index (χ0n) is 24.5. The van der Waals surface area contributed by atoms with Crippen molar-refractivity contribution in [2.24, 2.45) is 5.92 Å². The quantitative estimate of drug-likeness (QED) is 0.181. The van der Waals surface area contributed by atoms with Crippen LogP contribution >= 0.6 is 11.6 Å². The minimum absolute atomic E-state index is 0.0360. The van der Waals surface area contributed by atoms with Crippen LogP contribution in [0.25, 0.3) is 0 Å². The molecule has 0 spiro atoms. The minimum Gasteiger partial charge on any atom is -0.494 e. The number of ether oxygens (including phenoxy) is 4. The van der Waals surface area contributed by atoms with E-state index in [2.05, 4.69) is 42.5 Å². The van der Waals surface area contributed by atoms with Crippen LogP contribution in [0.1, 0.15) is 53.7 Å². The molecule has 1 N–H and O–H groups in total. The van der Waals surface area contributed by atoms with Crippen LogP contribution in [-0.2, 0) is 33.8 Å². The molecule has 5 unspecified atom stereocenters. The molecule has 5 nitrogen and oxygen atoms in total. The lowest BCUT2D eigenvalue weighted by molar-refractivity contribution is -0.316. The van der Waals surface area contributed by atoms with E-state index in [0.717, 1.165) is 46.4 Å². The third-order valence-electron chi connectivity index (χ3n) is 8.80. The molecule has 1 saturated carbocycles. The topological polar surface area (TPSA) is 57.2 Å². The lowest BCUT2D eigenvalue weighted by atomic mass is 9.63. The molecule has 6 rings (SSSR count). The monoisotopic (exact) mass is 598 g/mol. The van der Waals surface area contributed by atoms with Gasteiger partial charge in [0, 0.05) is 10.9 Å². The maximum atomic E-state index is 10.6. The summed E-state index contributed by atoms with van der Waals surface area (Å²) in [6, 6.07) is 34.6. The Kier molecular flexibility index (Phi) is 9.46. The molecule has 6 heteroatoms. The van der Waals surface area contributed by atoms with Crippen molar-refractivity contribution in [3.63, 3.8) is 0 Å². The van der Waals surface area contributed by atoms with E-state index < -0.39 is 11.7 Å². The zero-order valence-corrected chi connectivity index (χ0v) is 25.3. The molecular weight excluding hydrogens is 560 g/mol. The number of halogens is 1. The summed E-state index contributed by atoms with van der Waals surface area (Å²) in [7, 11) is 0. The zero-order chi connectivity index (χ0) is 29.6. The molecule has 4 aromatic carbocycles. The van der Waals surface area contributed by atoms with E-state index in [-0.39, 0.29) is 24.7 Å². The molecule has 2 aliphatic rings. The minimum atomic E-state index is -0.659. The van der Waals surface area contributed by atoms with Gasteiger partial charge in [-0.15, -0.1) is 0 Å². The van der Waals surface area contributed by atoms with Gasteiger partial charge in [-0.1, -0.05) is 96.5 Å². The summed E-state index contributed by atoms with van der Waals surface area (Å²) in [6.45, 7) is 3.45. The van der Waals surface area contributed by atoms with Crippen LogP contribution in [0.4, 0.5) is 0 Å². The summed E-state index contributed by atoms with van der Waals surface area (Å²) in [5.74, 6) is 0.889. The highest BCUT2D eigenvalue weighted by molar-refractivity contribution is 6.31. The second kappa shape index (κ2) is 13.6. The molecule has 224 valence electrons. The van der Waals surface area contributed by atoms with Crippen molar-refractivity contribution in [3.05, 3.63) is 136 Å². The van der Waals surface area contributed by atoms with Crippen molar-refractivity contribution >= 4 is 11.6 Å². The van der Waals surface area contributed by atoms with E-state index in [1.807, 2.05) is 67.6 Å². The first-order valence-electron chi connectivity index (χ1n) is 15.2. The van der Waals surface area contributed by atoms with Crippen molar-refractivity contribution in [2.75, 3.05) is 13.2 Å². The van der Waals surface area contributed by atoms with Gasteiger partial charge in [-0.2, -0.15) is 0 Å². The summed E-state index contributed by atoms with van der Waals surface area (Å²) in [5, 5.41) is 11.3. The van der Waals surface area contributed by atoms with Gasteiger partial charge in [-0.25, -0.2) is 0 Å². The second-order valence-corrected chi connectivity index (χ2v) is 11.9. The lowest BCUT2D eigenvalue weighted by Gasteiger charge is -2.59. The Morgan fingerprint density at radius 2 is 1.47 bits per heavy atom. The molecule has 0 bridgehead atoms. The van der Waals surface area contributed by atoms with E-state index in [1.54, 1.807) is 0 Å². The molecule has 2 fully saturated rings. The summed E-state index contributed by atoms with van der Waals surface area (Å²) >= 11 is 6.75. The van der Waals surface area contributed by atoms with E-state index in [1.165, 1.54) is 0 Å². The Hall–Kier alpha value is -3.19. The molecule has 5 atom stereocenters. The average molecular weight is 599 g/mol. The highest BCUT2D eigenvalue weighted by atomic mass is 35.5. The van der Waals surface area contributed by atoms with Crippen molar-refractivity contribution < 1.29 is 24.1 Å². The van der Waals surface area contributed by atoms with Gasteiger partial charge in [-0.3, -0.25) is 0 Å². The standard InChI is InChI=1S/C37H39ClO5/c1-2-40-31-16-13-26(14-17-31)21-30-22-29(15-18-33(30)38)34-36(42-24-28-11-7-4-8-12-28)35(32-19-20-37(32,25-39)43-34)41-23-27-9-5-3-6-10-27/h3-18,22,32,34-36,39H,2,19-21,23-25H2,1H3. The van der Waals surface area contributed by atoms with Crippen LogP contribution in [0.15, 0.2) is 103 Å². The fourth-order valence-electron chi connectivity index (χ4n) is 6.38. The van der Waals surface area contributed by atoms with Crippen LogP contribution in [0.2, 0.25) is 5.02 Å². The molecule has 0 amide bonds. The second-order valence-electron chi connectivity index (χ2n) is 11.5. The van der Waals surface area contributed by atoms with Crippen molar-refractivity contribution in [1.29, 1.82) is 0 Å². The smallest absolute Gasteiger partial charge is 0.119 e. The number of aliphatic hydroxyl groups excluding tert-OH is 1. The summed E-state index contributed by atoms with van der Waals surface area (Å²) in [4.78, 5) is 0. The molecule has 43 heavy (non-hydrogen) atoms. The SMILES string of the molecule is CCOc1ccc(Cc2cc(C3OC4(CO)CCC4C(OCc4ccccc4)C3OCc3ccccc3)ccc2Cl)cc1. The van der Waals surface area contributed by atoms with Crippen molar-refractivity contribution in [2.45, 2.75) is 63.3 Å². The number of fused-ring (bicyclic) bond motifs is 1. The Bertz CT molecular complexity index is 1460. The molecule has 0 aromatic heterocycles. The van der Waals surface area contributed by atoms with Gasteiger partial charge >= 0.3 is 0 Å². The van der Waals surface area contributed by atoms with Gasteiger partial charge in [0.25, 0.3) is 0 Å². The summed E-state index contributed by atoms with van der Waals surface area (Å²) in [6.07, 6.45) is 1.30. The lowest BCUT2D eigenvalue weighted by Crippen LogP contribution is -2.66. The van der Waals surface area contributed by atoms with Gasteiger partial charge in [0.1, 0.15) is 18.0 Å². The van der Waals surface area contributed by atoms with Crippen LogP contribution in [0.5, 0.6) is 5.75 Å². The van der Waals surface area contributed by atoms with E-state index >= 15 is 0 Å². The number of rotatable bonds is 12. The van der Waals surface area contributed by atoms with Gasteiger partial charge in [0.15, 0.2) is 0 Å². The molecule has 1 aliphatic carbocycles. The van der Waals surface area contributed by atoms with Gasteiger partial charge in [0.05, 0.1) is 38.1 Å². The summed E-state index contributed by atoms with van der Waals surface area (Å²) in [5.41, 5.74) is 4.64. The van der Waals surface area contributed by atoms with Gasteiger partial charge in [-0.05, 0) is 72.2 Å². The molecule has 0 radical (unpaired) electrons. The maximum absolute atomic E-state index is 10.6. The third-order valence-corrected chi connectivity index (χ3v) is 9.17. The van der Waals surface area contributed by atoms with Crippen LogP contribution in [0, 0.1) is 5.92 Å². The average Bonchev–Trinajstić information content (AvgIpc) is 3.03. The predicted octanol–water partition coefficient (Wildman–Crippen LogP) is 7.71. The fourth-order valence-corrected chi connectivity index (χ4v) is 6.56. The Balaban J connectivity index is 1.32. The summed E-state index contributed by atoms with van der Waals surface area (Å²) < 4.78 is 25.9. The number of benzene rings is 4. The first-order valence-corrected chi connectivity index (χ1v) is 15.6. The molecular formula is C37H39ClO5. The number of hydrogen-bond donors (Lipinski definition) is 1. The number of hydrogen-bond acceptors (Lipinski definition) is 5. The van der Waals surface area contributed by atoms with E-state index in [4.69, 9.17) is 30.5 Å². The third kappa shape index (κ3) is 6.67. The fraction of sp³-hybridized carbons (Fsp3) is 0.351. The van der Waals surface area contributed by atoms with E-state index in [0.29, 0.717) is 31.3 Å². The normalized spacial score (nSPS) is 24.6. The Morgan fingerprint density at radius 3 is 2.05 bits per heavy atom. The van der Waals surface area contributed by atoms with Gasteiger partial charge in [0.2, 0.25) is 0 Å². The van der Waals surface area contributed by atoms with Gasteiger partial charge < -0.3 is 24.1 Å².